The van der Waals surface area contributed by atoms with Crippen molar-refractivity contribution >= 4 is 11.9 Å². The molecule has 0 aliphatic carbocycles. The summed E-state index contributed by atoms with van der Waals surface area (Å²) in [5, 5.41) is 5.81. The Labute approximate surface area is 102 Å². The number of methoxy groups -OCH3 is 1. The summed E-state index contributed by atoms with van der Waals surface area (Å²) in [5.74, 6) is -0.528. The predicted octanol–water partition coefficient (Wildman–Crippen LogP) is 0.362. The van der Waals surface area contributed by atoms with Crippen molar-refractivity contribution < 1.29 is 14.3 Å². The first-order chi connectivity index (χ1) is 8.19. The van der Waals surface area contributed by atoms with E-state index in [0.29, 0.717) is 12.8 Å². The summed E-state index contributed by atoms with van der Waals surface area (Å²) in [5.41, 5.74) is 0. The van der Waals surface area contributed by atoms with Gasteiger partial charge in [0.25, 0.3) is 0 Å². The van der Waals surface area contributed by atoms with Crippen LogP contribution in [0.3, 0.4) is 0 Å². The van der Waals surface area contributed by atoms with Crippen LogP contribution < -0.4 is 10.6 Å². The summed E-state index contributed by atoms with van der Waals surface area (Å²) in [6, 6.07) is -0.751. The van der Waals surface area contributed by atoms with E-state index < -0.39 is 12.0 Å². The molecular weight excluding hydrogens is 220 g/mol. The molecule has 96 valence electrons. The van der Waals surface area contributed by atoms with Gasteiger partial charge in [-0.15, -0.1) is 6.58 Å². The lowest BCUT2D eigenvalue weighted by atomic mass is 10.1. The molecule has 0 spiro atoms. The standard InChI is InChI=1S/C12H20N2O3/c1-3-4-6-10(12(16)17-2)14-11(15)9-7-5-8-13-9/h3,9-10,13H,1,4-8H2,2H3,(H,14,15). The molecule has 0 aromatic carbocycles. The normalized spacial score (nSPS) is 20.6. The van der Waals surface area contributed by atoms with Crippen LogP contribution in [0.25, 0.3) is 0 Å². The van der Waals surface area contributed by atoms with Crippen LogP contribution in [-0.4, -0.2) is 37.6 Å². The molecule has 2 atom stereocenters. The largest absolute Gasteiger partial charge is 0.467 e. The average molecular weight is 240 g/mol. The summed E-state index contributed by atoms with van der Waals surface area (Å²) < 4.78 is 4.66. The second-order valence-electron chi connectivity index (χ2n) is 4.10. The van der Waals surface area contributed by atoms with Gasteiger partial charge in [-0.05, 0) is 32.2 Å². The van der Waals surface area contributed by atoms with Crippen molar-refractivity contribution in [1.82, 2.24) is 10.6 Å². The van der Waals surface area contributed by atoms with E-state index in [1.807, 2.05) is 0 Å². The van der Waals surface area contributed by atoms with Crippen LogP contribution in [0.15, 0.2) is 12.7 Å². The van der Waals surface area contributed by atoms with Gasteiger partial charge in [-0.3, -0.25) is 4.79 Å². The Bertz CT molecular complexity index is 285. The lowest BCUT2D eigenvalue weighted by Gasteiger charge is -2.18. The molecule has 1 fully saturated rings. The van der Waals surface area contributed by atoms with E-state index >= 15 is 0 Å². The van der Waals surface area contributed by atoms with E-state index in [-0.39, 0.29) is 11.9 Å². The van der Waals surface area contributed by atoms with Crippen molar-refractivity contribution in [3.8, 4) is 0 Å². The molecule has 1 amide bonds. The highest BCUT2D eigenvalue weighted by molar-refractivity contribution is 5.87. The Balaban J connectivity index is 2.48. The number of ether oxygens (including phenoxy) is 1. The number of amides is 1. The van der Waals surface area contributed by atoms with Crippen LogP contribution in [-0.2, 0) is 14.3 Å². The van der Waals surface area contributed by atoms with Gasteiger partial charge in [0.2, 0.25) is 5.91 Å². The Hall–Kier alpha value is -1.36. The summed E-state index contributed by atoms with van der Waals surface area (Å²) in [6.07, 6.45) is 4.72. The highest BCUT2D eigenvalue weighted by Gasteiger charge is 2.27. The first-order valence-electron chi connectivity index (χ1n) is 5.91. The fourth-order valence-electron chi connectivity index (χ4n) is 1.86. The quantitative estimate of drug-likeness (QED) is 0.520. The van der Waals surface area contributed by atoms with Crippen LogP contribution in [0, 0.1) is 0 Å². The summed E-state index contributed by atoms with van der Waals surface area (Å²) in [6.45, 7) is 4.45. The first-order valence-corrected chi connectivity index (χ1v) is 5.91. The molecule has 0 bridgehead atoms. The number of carbonyl (C=O) groups excluding carboxylic acids is 2. The van der Waals surface area contributed by atoms with E-state index in [4.69, 9.17) is 0 Å². The van der Waals surface area contributed by atoms with Crippen LogP contribution in [0.5, 0.6) is 0 Å². The van der Waals surface area contributed by atoms with Crippen LogP contribution in [0.4, 0.5) is 0 Å². The van der Waals surface area contributed by atoms with E-state index in [1.165, 1.54) is 7.11 Å². The molecule has 0 radical (unpaired) electrons. The molecule has 1 rings (SSSR count). The second-order valence-corrected chi connectivity index (χ2v) is 4.10. The molecule has 17 heavy (non-hydrogen) atoms. The lowest BCUT2D eigenvalue weighted by molar-refractivity contribution is -0.145. The molecule has 2 unspecified atom stereocenters. The van der Waals surface area contributed by atoms with Crippen LogP contribution in [0.1, 0.15) is 25.7 Å². The number of rotatable bonds is 6. The summed E-state index contributed by atoms with van der Waals surface area (Å²) in [4.78, 5) is 23.3. The summed E-state index contributed by atoms with van der Waals surface area (Å²) in [7, 11) is 1.32. The third kappa shape index (κ3) is 4.19. The second kappa shape index (κ2) is 7.06. The highest BCUT2D eigenvalue weighted by atomic mass is 16.5. The minimum Gasteiger partial charge on any atom is -0.467 e. The average Bonchev–Trinajstić information content (AvgIpc) is 2.87. The molecule has 0 aromatic heterocycles. The number of esters is 1. The zero-order valence-electron chi connectivity index (χ0n) is 10.2. The molecule has 5 heteroatoms. The number of allylic oxidation sites excluding steroid dienone is 1. The van der Waals surface area contributed by atoms with Crippen molar-refractivity contribution in [3.63, 3.8) is 0 Å². The monoisotopic (exact) mass is 240 g/mol. The van der Waals surface area contributed by atoms with Crippen molar-refractivity contribution in [2.24, 2.45) is 0 Å². The predicted molar refractivity (Wildman–Crippen MR) is 64.4 cm³/mol. The number of hydrogen-bond donors (Lipinski definition) is 2. The SMILES string of the molecule is C=CCCC(NC(=O)C1CCCN1)C(=O)OC. The number of hydrogen-bond acceptors (Lipinski definition) is 4. The fraction of sp³-hybridized carbons (Fsp3) is 0.667. The van der Waals surface area contributed by atoms with Gasteiger partial charge in [0.15, 0.2) is 0 Å². The minimum absolute atomic E-state index is 0.123. The molecular formula is C12H20N2O3. The Morgan fingerprint density at radius 1 is 1.65 bits per heavy atom. The zero-order chi connectivity index (χ0) is 12.7. The van der Waals surface area contributed by atoms with Gasteiger partial charge in [0.05, 0.1) is 13.2 Å². The Kier molecular flexibility index (Phi) is 5.69. The van der Waals surface area contributed by atoms with Crippen LogP contribution in [0.2, 0.25) is 0 Å². The number of nitrogens with one attached hydrogen (secondary N) is 2. The molecule has 0 aromatic rings. The lowest BCUT2D eigenvalue weighted by Crippen LogP contribution is -2.48. The van der Waals surface area contributed by atoms with Gasteiger partial charge in [-0.1, -0.05) is 6.08 Å². The molecule has 2 N–H and O–H groups in total. The van der Waals surface area contributed by atoms with E-state index in [0.717, 1.165) is 19.4 Å². The third-order valence-electron chi connectivity index (χ3n) is 2.84. The smallest absolute Gasteiger partial charge is 0.328 e. The summed E-state index contributed by atoms with van der Waals surface area (Å²) >= 11 is 0. The maximum absolute atomic E-state index is 11.8. The third-order valence-corrected chi connectivity index (χ3v) is 2.84. The van der Waals surface area contributed by atoms with Gasteiger partial charge in [0.1, 0.15) is 6.04 Å². The fourth-order valence-corrected chi connectivity index (χ4v) is 1.86. The van der Waals surface area contributed by atoms with Gasteiger partial charge >= 0.3 is 5.97 Å². The van der Waals surface area contributed by atoms with Gasteiger partial charge < -0.3 is 15.4 Å². The Morgan fingerprint density at radius 3 is 2.94 bits per heavy atom. The number of carbonyl (C=O) groups is 2. The van der Waals surface area contributed by atoms with Crippen molar-refractivity contribution in [1.29, 1.82) is 0 Å². The van der Waals surface area contributed by atoms with E-state index in [2.05, 4.69) is 21.9 Å². The Morgan fingerprint density at radius 2 is 2.41 bits per heavy atom. The first kappa shape index (κ1) is 13.7. The topological polar surface area (TPSA) is 67.4 Å². The highest BCUT2D eigenvalue weighted by Crippen LogP contribution is 2.07. The van der Waals surface area contributed by atoms with Crippen LogP contribution >= 0.6 is 0 Å². The molecule has 1 aliphatic heterocycles. The zero-order valence-corrected chi connectivity index (χ0v) is 10.2. The van der Waals surface area contributed by atoms with Crippen molar-refractivity contribution in [2.45, 2.75) is 37.8 Å². The maximum atomic E-state index is 11.8. The molecule has 1 heterocycles. The van der Waals surface area contributed by atoms with Gasteiger partial charge in [-0.2, -0.15) is 0 Å². The molecule has 0 saturated carbocycles. The van der Waals surface area contributed by atoms with Crippen molar-refractivity contribution in [2.75, 3.05) is 13.7 Å². The van der Waals surface area contributed by atoms with Gasteiger partial charge in [-0.25, -0.2) is 4.79 Å². The minimum atomic E-state index is -0.576. The molecule has 1 aliphatic rings. The maximum Gasteiger partial charge on any atom is 0.328 e. The van der Waals surface area contributed by atoms with Gasteiger partial charge in [0, 0.05) is 0 Å². The van der Waals surface area contributed by atoms with E-state index in [9.17, 15) is 9.59 Å². The van der Waals surface area contributed by atoms with Crippen molar-refractivity contribution in [3.05, 3.63) is 12.7 Å². The molecule has 1 saturated heterocycles. The molecule has 5 nitrogen and oxygen atoms in total. The van der Waals surface area contributed by atoms with E-state index in [1.54, 1.807) is 6.08 Å².